The molecule has 0 aromatic heterocycles. The van der Waals surface area contributed by atoms with Gasteiger partial charge in [-0.15, -0.1) is 0 Å². The molecular formula is C15H23NO3. The number of carbonyl (C=O) groups excluding carboxylic acids is 1. The molecule has 1 fully saturated rings. The minimum absolute atomic E-state index is 0.142. The van der Waals surface area contributed by atoms with Crippen LogP contribution in [0.2, 0.25) is 0 Å². The SMILES string of the molecule is CC1CCC(NC(=O)C2=C(C(=O)O)CCCC2)CC1. The van der Waals surface area contributed by atoms with Gasteiger partial charge in [-0.25, -0.2) is 4.79 Å². The van der Waals surface area contributed by atoms with Gasteiger partial charge in [0.05, 0.1) is 0 Å². The Balaban J connectivity index is 2.00. The Morgan fingerprint density at radius 1 is 1.05 bits per heavy atom. The maximum absolute atomic E-state index is 12.2. The Morgan fingerprint density at radius 3 is 2.21 bits per heavy atom. The predicted octanol–water partition coefficient (Wildman–Crippen LogP) is 2.64. The van der Waals surface area contributed by atoms with Gasteiger partial charge < -0.3 is 10.4 Å². The molecule has 0 bridgehead atoms. The lowest BCUT2D eigenvalue weighted by Gasteiger charge is -2.28. The van der Waals surface area contributed by atoms with Crippen molar-refractivity contribution in [1.29, 1.82) is 0 Å². The van der Waals surface area contributed by atoms with E-state index in [2.05, 4.69) is 12.2 Å². The molecule has 0 radical (unpaired) electrons. The van der Waals surface area contributed by atoms with Crippen LogP contribution in [0.3, 0.4) is 0 Å². The van der Waals surface area contributed by atoms with Crippen LogP contribution in [0, 0.1) is 5.92 Å². The highest BCUT2D eigenvalue weighted by Crippen LogP contribution is 2.27. The quantitative estimate of drug-likeness (QED) is 0.824. The van der Waals surface area contributed by atoms with Crippen molar-refractivity contribution in [3.63, 3.8) is 0 Å². The standard InChI is InChI=1S/C15H23NO3/c1-10-6-8-11(9-7-10)16-14(17)12-4-2-3-5-13(12)15(18)19/h10-11H,2-9H2,1H3,(H,16,17)(H,18,19). The molecule has 0 heterocycles. The fourth-order valence-electron chi connectivity index (χ4n) is 3.07. The molecule has 4 nitrogen and oxygen atoms in total. The molecule has 0 spiro atoms. The van der Waals surface area contributed by atoms with Crippen LogP contribution < -0.4 is 5.32 Å². The number of carboxylic acid groups (broad SMARTS) is 1. The number of carbonyl (C=O) groups is 2. The van der Waals surface area contributed by atoms with Crippen molar-refractivity contribution in [1.82, 2.24) is 5.32 Å². The summed E-state index contributed by atoms with van der Waals surface area (Å²) in [6, 6.07) is 0.230. The van der Waals surface area contributed by atoms with Crippen LogP contribution in [0.5, 0.6) is 0 Å². The van der Waals surface area contributed by atoms with Crippen molar-refractivity contribution >= 4 is 11.9 Å². The second kappa shape index (κ2) is 6.22. The summed E-state index contributed by atoms with van der Waals surface area (Å²) >= 11 is 0. The van der Waals surface area contributed by atoms with E-state index < -0.39 is 5.97 Å². The first-order chi connectivity index (χ1) is 9.08. The van der Waals surface area contributed by atoms with Crippen LogP contribution in [-0.4, -0.2) is 23.0 Å². The first-order valence-electron chi connectivity index (χ1n) is 7.34. The number of amides is 1. The zero-order valence-electron chi connectivity index (χ0n) is 11.6. The van der Waals surface area contributed by atoms with E-state index in [-0.39, 0.29) is 11.9 Å². The van der Waals surface area contributed by atoms with Gasteiger partial charge in [0.1, 0.15) is 0 Å². The maximum Gasteiger partial charge on any atom is 0.332 e. The number of carboxylic acids is 1. The second-order valence-corrected chi connectivity index (χ2v) is 5.90. The molecule has 0 unspecified atom stereocenters. The number of nitrogens with one attached hydrogen (secondary N) is 1. The van der Waals surface area contributed by atoms with Crippen molar-refractivity contribution in [2.24, 2.45) is 5.92 Å². The third kappa shape index (κ3) is 3.58. The van der Waals surface area contributed by atoms with Gasteiger partial charge in [-0.05, 0) is 57.3 Å². The molecule has 0 saturated heterocycles. The van der Waals surface area contributed by atoms with Crippen LogP contribution in [0.15, 0.2) is 11.1 Å². The van der Waals surface area contributed by atoms with Gasteiger partial charge in [0.2, 0.25) is 5.91 Å². The lowest BCUT2D eigenvalue weighted by atomic mass is 9.86. The van der Waals surface area contributed by atoms with Crippen molar-refractivity contribution < 1.29 is 14.7 Å². The Morgan fingerprint density at radius 2 is 1.63 bits per heavy atom. The zero-order chi connectivity index (χ0) is 13.8. The Bertz CT molecular complexity index is 392. The number of aliphatic carboxylic acids is 1. The molecule has 2 rings (SSSR count). The molecule has 0 atom stereocenters. The molecule has 1 saturated carbocycles. The average molecular weight is 265 g/mol. The molecule has 0 aliphatic heterocycles. The van der Waals surface area contributed by atoms with Crippen molar-refractivity contribution in [2.45, 2.75) is 64.3 Å². The fourth-order valence-corrected chi connectivity index (χ4v) is 3.07. The minimum Gasteiger partial charge on any atom is -0.478 e. The molecule has 0 aromatic carbocycles. The van der Waals surface area contributed by atoms with E-state index in [9.17, 15) is 9.59 Å². The number of hydrogen-bond donors (Lipinski definition) is 2. The third-order valence-electron chi connectivity index (χ3n) is 4.35. The third-order valence-corrected chi connectivity index (χ3v) is 4.35. The molecular weight excluding hydrogens is 242 g/mol. The van der Waals surface area contributed by atoms with Gasteiger partial charge >= 0.3 is 5.97 Å². The first-order valence-corrected chi connectivity index (χ1v) is 7.34. The van der Waals surface area contributed by atoms with E-state index in [1.54, 1.807) is 0 Å². The van der Waals surface area contributed by atoms with Gasteiger partial charge in [-0.2, -0.15) is 0 Å². The van der Waals surface area contributed by atoms with Crippen molar-refractivity contribution in [3.05, 3.63) is 11.1 Å². The van der Waals surface area contributed by atoms with Crippen LogP contribution in [0.1, 0.15) is 58.3 Å². The summed E-state index contributed by atoms with van der Waals surface area (Å²) in [6.07, 6.45) is 7.26. The van der Waals surface area contributed by atoms with Gasteiger partial charge in [0, 0.05) is 17.2 Å². The van der Waals surface area contributed by atoms with Gasteiger partial charge in [0.15, 0.2) is 0 Å². The molecule has 106 valence electrons. The van der Waals surface area contributed by atoms with Crippen LogP contribution >= 0.6 is 0 Å². The summed E-state index contributed by atoms with van der Waals surface area (Å²) < 4.78 is 0. The maximum atomic E-state index is 12.2. The highest BCUT2D eigenvalue weighted by atomic mass is 16.4. The topological polar surface area (TPSA) is 66.4 Å². The predicted molar refractivity (Wildman–Crippen MR) is 72.7 cm³/mol. The van der Waals surface area contributed by atoms with E-state index in [1.165, 1.54) is 0 Å². The Hall–Kier alpha value is -1.32. The first kappa shape index (κ1) is 14.1. The molecule has 2 N–H and O–H groups in total. The van der Waals surface area contributed by atoms with E-state index in [0.29, 0.717) is 24.0 Å². The summed E-state index contributed by atoms with van der Waals surface area (Å²) in [5.74, 6) is -0.324. The molecule has 4 heteroatoms. The summed E-state index contributed by atoms with van der Waals surface area (Å²) in [5, 5.41) is 12.2. The summed E-state index contributed by atoms with van der Waals surface area (Å²) in [7, 11) is 0. The summed E-state index contributed by atoms with van der Waals surface area (Å²) in [6.45, 7) is 2.24. The van der Waals surface area contributed by atoms with Gasteiger partial charge in [-0.1, -0.05) is 6.92 Å². The van der Waals surface area contributed by atoms with E-state index >= 15 is 0 Å². The normalized spacial score (nSPS) is 28.1. The summed E-state index contributed by atoms with van der Waals surface area (Å²) in [4.78, 5) is 23.4. The Kier molecular flexibility index (Phi) is 4.61. The van der Waals surface area contributed by atoms with Gasteiger partial charge in [0.25, 0.3) is 0 Å². The molecule has 0 aromatic rings. The number of rotatable bonds is 3. The minimum atomic E-state index is -0.929. The average Bonchev–Trinajstić information content (AvgIpc) is 2.41. The Labute approximate surface area is 114 Å². The fraction of sp³-hybridized carbons (Fsp3) is 0.733. The largest absolute Gasteiger partial charge is 0.478 e. The van der Waals surface area contributed by atoms with Crippen LogP contribution in [0.25, 0.3) is 0 Å². The van der Waals surface area contributed by atoms with Crippen molar-refractivity contribution in [3.8, 4) is 0 Å². The van der Waals surface area contributed by atoms with Crippen LogP contribution in [0.4, 0.5) is 0 Å². The van der Waals surface area contributed by atoms with E-state index in [4.69, 9.17) is 5.11 Å². The van der Waals surface area contributed by atoms with Gasteiger partial charge in [-0.3, -0.25) is 4.79 Å². The molecule has 2 aliphatic carbocycles. The zero-order valence-corrected chi connectivity index (χ0v) is 11.6. The number of hydrogen-bond acceptors (Lipinski definition) is 2. The lowest BCUT2D eigenvalue weighted by molar-refractivity contribution is -0.133. The molecule has 19 heavy (non-hydrogen) atoms. The highest BCUT2D eigenvalue weighted by molar-refractivity contribution is 6.02. The highest BCUT2D eigenvalue weighted by Gasteiger charge is 2.26. The monoisotopic (exact) mass is 265 g/mol. The van der Waals surface area contributed by atoms with Crippen molar-refractivity contribution in [2.75, 3.05) is 0 Å². The molecule has 2 aliphatic rings. The smallest absolute Gasteiger partial charge is 0.332 e. The second-order valence-electron chi connectivity index (χ2n) is 5.90. The summed E-state index contributed by atoms with van der Waals surface area (Å²) in [5.41, 5.74) is 0.838. The lowest BCUT2D eigenvalue weighted by Crippen LogP contribution is -2.39. The molecule has 1 amide bonds. The van der Waals surface area contributed by atoms with E-state index in [0.717, 1.165) is 44.4 Å². The van der Waals surface area contributed by atoms with E-state index in [1.807, 2.05) is 0 Å². The van der Waals surface area contributed by atoms with Crippen LogP contribution in [-0.2, 0) is 9.59 Å².